The number of rotatable bonds is 9. The molecule has 0 spiro atoms. The highest BCUT2D eigenvalue weighted by molar-refractivity contribution is 6.15. The van der Waals surface area contributed by atoms with Crippen LogP contribution in [0, 0.1) is 0 Å². The molecule has 12 aromatic rings. The number of anilines is 3. The molecule has 2 aliphatic rings. The molecule has 1 saturated carbocycles. The van der Waals surface area contributed by atoms with Gasteiger partial charge in [-0.3, -0.25) is 0 Å². The van der Waals surface area contributed by atoms with Gasteiger partial charge in [0.1, 0.15) is 0 Å². The number of aromatic nitrogens is 1. The van der Waals surface area contributed by atoms with Gasteiger partial charge in [0.2, 0.25) is 0 Å². The lowest BCUT2D eigenvalue weighted by molar-refractivity contribution is 0.445. The van der Waals surface area contributed by atoms with Crippen molar-refractivity contribution in [2.45, 2.75) is 43.4 Å². The van der Waals surface area contributed by atoms with Crippen LogP contribution < -0.4 is 4.90 Å². The number of fused-ring (bicyclic) bond motifs is 7. The second-order valence-electron chi connectivity index (χ2n) is 20.1. The van der Waals surface area contributed by atoms with Crippen molar-refractivity contribution in [2.75, 3.05) is 4.90 Å². The molecule has 14 rings (SSSR count). The van der Waals surface area contributed by atoms with Crippen molar-refractivity contribution in [3.8, 4) is 39.1 Å². The van der Waals surface area contributed by atoms with Crippen molar-refractivity contribution in [1.29, 1.82) is 0 Å². The molecule has 0 bridgehead atoms. The van der Waals surface area contributed by atoms with Gasteiger partial charge in [-0.05, 0) is 134 Å². The van der Waals surface area contributed by atoms with E-state index in [-0.39, 0.29) is 0 Å². The second-order valence-corrected chi connectivity index (χ2v) is 20.1. The summed E-state index contributed by atoms with van der Waals surface area (Å²) in [6.45, 7) is 0. The maximum absolute atomic E-state index is 2.54. The van der Waals surface area contributed by atoms with Gasteiger partial charge in [0.25, 0.3) is 0 Å². The van der Waals surface area contributed by atoms with Gasteiger partial charge in [0.05, 0.1) is 27.8 Å². The third-order valence-electron chi connectivity index (χ3n) is 16.3. The molecule has 0 aliphatic heterocycles. The van der Waals surface area contributed by atoms with E-state index in [2.05, 4.69) is 270 Å². The highest BCUT2D eigenvalue weighted by Crippen LogP contribution is 2.57. The molecule has 0 unspecified atom stereocenters. The van der Waals surface area contributed by atoms with E-state index in [1.807, 2.05) is 0 Å². The Labute approximate surface area is 428 Å². The number of para-hydroxylation sites is 4. The summed E-state index contributed by atoms with van der Waals surface area (Å²) in [6.07, 6.45) is 6.41. The Bertz CT molecular complexity index is 3950. The van der Waals surface area contributed by atoms with Crippen LogP contribution in [0.4, 0.5) is 17.1 Å². The second kappa shape index (κ2) is 17.8. The molecule has 0 radical (unpaired) electrons. The number of hydrogen-bond donors (Lipinski definition) is 0. The van der Waals surface area contributed by atoms with E-state index in [1.54, 1.807) is 0 Å². The minimum atomic E-state index is -0.473. The zero-order valence-corrected chi connectivity index (χ0v) is 40.8. The predicted molar refractivity (Wildman–Crippen MR) is 307 cm³/mol. The highest BCUT2D eigenvalue weighted by atomic mass is 15.2. The van der Waals surface area contributed by atoms with Gasteiger partial charge in [-0.1, -0.05) is 232 Å². The van der Waals surface area contributed by atoms with Gasteiger partial charge in [0, 0.05) is 27.7 Å². The third-order valence-corrected chi connectivity index (χ3v) is 16.3. The van der Waals surface area contributed by atoms with Crippen molar-refractivity contribution in [1.82, 2.24) is 4.57 Å². The van der Waals surface area contributed by atoms with Crippen LogP contribution in [0.3, 0.4) is 0 Å². The molecule has 0 saturated heterocycles. The van der Waals surface area contributed by atoms with Gasteiger partial charge in [-0.2, -0.15) is 0 Å². The lowest BCUT2D eigenvalue weighted by Crippen LogP contribution is -2.28. The highest BCUT2D eigenvalue weighted by Gasteiger charge is 2.46. The standard InChI is InChI=1S/C71H54N2/c1-5-22-50(23-6-1)57-35-19-24-51-25-20-36-62(69(51)57)60-33-14-17-39-66(60)72(68-41-21-37-63-61-34-15-18-40-67(61)73(70(63)68)55-30-11-4-12-31-55)56-45-42-49(43-46-56)52-44-47-59-58-32-13-16-38-64(58)71(65(59)48-52,53-26-7-2-8-27-53)54-28-9-3-10-29-54/h2-4,7-21,24-48,50H,1,5-6,22-23H2. The summed E-state index contributed by atoms with van der Waals surface area (Å²) < 4.78 is 2.47. The Morgan fingerprint density at radius 3 is 1.74 bits per heavy atom. The van der Waals surface area contributed by atoms with E-state index in [1.165, 1.54) is 126 Å². The van der Waals surface area contributed by atoms with Crippen LogP contribution in [0.1, 0.15) is 65.8 Å². The Balaban J connectivity index is 0.986. The Morgan fingerprint density at radius 2 is 0.973 bits per heavy atom. The summed E-state index contributed by atoms with van der Waals surface area (Å²) in [5.74, 6) is 0.559. The summed E-state index contributed by atoms with van der Waals surface area (Å²) in [5.41, 5.74) is 20.5. The van der Waals surface area contributed by atoms with Crippen molar-refractivity contribution < 1.29 is 0 Å². The Hall–Kier alpha value is -8.72. The zero-order chi connectivity index (χ0) is 48.3. The molecule has 1 fully saturated rings. The fraction of sp³-hybridized carbons (Fsp3) is 0.0986. The van der Waals surface area contributed by atoms with Crippen molar-refractivity contribution in [3.63, 3.8) is 0 Å². The molecule has 348 valence electrons. The molecule has 0 N–H and O–H groups in total. The maximum Gasteiger partial charge on any atom is 0.0782 e. The topological polar surface area (TPSA) is 8.17 Å². The summed E-state index contributed by atoms with van der Waals surface area (Å²) in [5, 5.41) is 5.15. The molecule has 1 heterocycles. The minimum absolute atomic E-state index is 0.473. The molecular weight excluding hydrogens is 881 g/mol. The van der Waals surface area contributed by atoms with Gasteiger partial charge in [-0.25, -0.2) is 0 Å². The van der Waals surface area contributed by atoms with Crippen molar-refractivity contribution in [2.24, 2.45) is 0 Å². The molecule has 73 heavy (non-hydrogen) atoms. The minimum Gasteiger partial charge on any atom is -0.308 e. The first kappa shape index (κ1) is 43.1. The first-order valence-corrected chi connectivity index (χ1v) is 26.2. The Morgan fingerprint density at radius 1 is 0.397 bits per heavy atom. The average molecular weight is 935 g/mol. The summed E-state index contributed by atoms with van der Waals surface area (Å²) in [4.78, 5) is 2.54. The SMILES string of the molecule is c1ccc(-n2c3ccccc3c3cccc(N(c4ccc(-c5ccc6c(c5)C(c5ccccc5)(c5ccccc5)c5ccccc5-6)cc4)c4ccccc4-c4cccc5cccc(C6CCCCC6)c45)c32)cc1. The Kier molecular flexibility index (Phi) is 10.5. The van der Waals surface area contributed by atoms with Crippen molar-refractivity contribution >= 4 is 49.6 Å². The average Bonchev–Trinajstić information content (AvgIpc) is 3.98. The third kappa shape index (κ3) is 6.92. The van der Waals surface area contributed by atoms with Gasteiger partial charge in [0.15, 0.2) is 0 Å². The molecule has 0 atom stereocenters. The monoisotopic (exact) mass is 934 g/mol. The summed E-state index contributed by atoms with van der Waals surface area (Å²) in [7, 11) is 0. The maximum atomic E-state index is 2.54. The van der Waals surface area contributed by atoms with Crippen molar-refractivity contribution in [3.05, 3.63) is 289 Å². The van der Waals surface area contributed by atoms with Gasteiger partial charge < -0.3 is 9.47 Å². The van der Waals surface area contributed by atoms with E-state index in [9.17, 15) is 0 Å². The summed E-state index contributed by atoms with van der Waals surface area (Å²) in [6, 6.07) is 97.5. The van der Waals surface area contributed by atoms with E-state index < -0.39 is 5.41 Å². The van der Waals surface area contributed by atoms with Gasteiger partial charge in [-0.15, -0.1) is 0 Å². The smallest absolute Gasteiger partial charge is 0.0782 e. The number of nitrogens with zero attached hydrogens (tertiary/aromatic N) is 2. The quantitative estimate of drug-likeness (QED) is 0.140. The van der Waals surface area contributed by atoms with E-state index in [4.69, 9.17) is 0 Å². The first-order chi connectivity index (χ1) is 36.3. The van der Waals surface area contributed by atoms with Crippen LogP contribution in [0.25, 0.3) is 71.6 Å². The zero-order valence-electron chi connectivity index (χ0n) is 40.8. The molecular formula is C71H54N2. The molecule has 1 aromatic heterocycles. The van der Waals surface area contributed by atoms with E-state index in [0.717, 1.165) is 22.7 Å². The lowest BCUT2D eigenvalue weighted by Gasteiger charge is -2.34. The van der Waals surface area contributed by atoms with Crippen LogP contribution in [0.15, 0.2) is 261 Å². The molecule has 2 heteroatoms. The van der Waals surface area contributed by atoms with E-state index in [0.29, 0.717) is 5.92 Å². The van der Waals surface area contributed by atoms with E-state index >= 15 is 0 Å². The molecule has 0 amide bonds. The fourth-order valence-corrected chi connectivity index (χ4v) is 13.1. The molecule has 2 nitrogen and oxygen atoms in total. The van der Waals surface area contributed by atoms with Crippen LogP contribution in [0.2, 0.25) is 0 Å². The van der Waals surface area contributed by atoms with Crippen LogP contribution in [0.5, 0.6) is 0 Å². The molecule has 11 aromatic carbocycles. The van der Waals surface area contributed by atoms with Crippen LogP contribution in [-0.4, -0.2) is 4.57 Å². The van der Waals surface area contributed by atoms with Crippen LogP contribution >= 0.6 is 0 Å². The number of benzene rings is 11. The first-order valence-electron chi connectivity index (χ1n) is 26.2. The van der Waals surface area contributed by atoms with Gasteiger partial charge >= 0.3 is 0 Å². The fourth-order valence-electron chi connectivity index (χ4n) is 13.1. The number of hydrogen-bond acceptors (Lipinski definition) is 1. The summed E-state index contributed by atoms with van der Waals surface area (Å²) >= 11 is 0. The predicted octanol–water partition coefficient (Wildman–Crippen LogP) is 19.2. The van der Waals surface area contributed by atoms with Crippen LogP contribution in [-0.2, 0) is 5.41 Å². The molecule has 2 aliphatic carbocycles. The largest absolute Gasteiger partial charge is 0.308 e. The lowest BCUT2D eigenvalue weighted by atomic mass is 9.67. The normalized spacial score (nSPS) is 14.1.